The first-order chi connectivity index (χ1) is 7.13. The minimum atomic E-state index is -0.0960. The van der Waals surface area contributed by atoms with Crippen molar-refractivity contribution in [2.24, 2.45) is 0 Å². The smallest absolute Gasteiger partial charge is 0.262 e. The number of halogens is 1. The zero-order chi connectivity index (χ0) is 11.0. The molecular formula is C10H10BrN3O. The highest BCUT2D eigenvalue weighted by Gasteiger charge is 2.07. The van der Waals surface area contributed by atoms with Crippen molar-refractivity contribution in [2.45, 2.75) is 13.5 Å². The highest BCUT2D eigenvalue weighted by atomic mass is 79.9. The van der Waals surface area contributed by atoms with E-state index in [2.05, 4.69) is 20.9 Å². The average molecular weight is 268 g/mol. The van der Waals surface area contributed by atoms with E-state index in [1.165, 1.54) is 4.57 Å². The highest BCUT2D eigenvalue weighted by Crippen LogP contribution is 2.16. The molecule has 1 aromatic carbocycles. The summed E-state index contributed by atoms with van der Waals surface area (Å²) in [5, 5.41) is 0.584. The van der Waals surface area contributed by atoms with Crippen LogP contribution in [-0.2, 0) is 6.54 Å². The molecule has 0 aliphatic rings. The Labute approximate surface area is 94.9 Å². The van der Waals surface area contributed by atoms with Gasteiger partial charge < -0.3 is 5.73 Å². The van der Waals surface area contributed by atoms with Crippen LogP contribution in [0.2, 0.25) is 0 Å². The lowest BCUT2D eigenvalue weighted by atomic mass is 10.2. The molecule has 5 heteroatoms. The number of nitrogens with zero attached hydrogens (tertiary/aromatic N) is 2. The van der Waals surface area contributed by atoms with Gasteiger partial charge in [0, 0.05) is 11.0 Å². The molecule has 0 spiro atoms. The minimum absolute atomic E-state index is 0.0960. The van der Waals surface area contributed by atoms with E-state index < -0.39 is 0 Å². The maximum absolute atomic E-state index is 12.0. The van der Waals surface area contributed by atoms with E-state index in [9.17, 15) is 4.79 Å². The first-order valence-corrected chi connectivity index (χ1v) is 5.38. The fourth-order valence-corrected chi connectivity index (χ4v) is 1.88. The van der Waals surface area contributed by atoms with Crippen LogP contribution in [0.5, 0.6) is 0 Å². The maximum Gasteiger partial charge on any atom is 0.262 e. The van der Waals surface area contributed by atoms with Crippen molar-refractivity contribution in [2.75, 3.05) is 5.73 Å². The summed E-state index contributed by atoms with van der Waals surface area (Å²) in [6.07, 6.45) is 0. The molecule has 78 valence electrons. The predicted molar refractivity (Wildman–Crippen MR) is 63.8 cm³/mol. The lowest BCUT2D eigenvalue weighted by molar-refractivity contribution is 0.732. The van der Waals surface area contributed by atoms with E-state index in [1.54, 1.807) is 12.1 Å². The van der Waals surface area contributed by atoms with E-state index in [1.807, 2.05) is 13.0 Å². The van der Waals surface area contributed by atoms with Crippen LogP contribution in [0.25, 0.3) is 10.9 Å². The third-order valence-corrected chi connectivity index (χ3v) is 2.76. The van der Waals surface area contributed by atoms with Gasteiger partial charge in [-0.25, -0.2) is 4.98 Å². The molecule has 0 atom stereocenters. The van der Waals surface area contributed by atoms with Crippen molar-refractivity contribution in [1.29, 1.82) is 0 Å². The molecule has 0 bridgehead atoms. The Kier molecular flexibility index (Phi) is 2.48. The average Bonchev–Trinajstić information content (AvgIpc) is 2.20. The van der Waals surface area contributed by atoms with Crippen molar-refractivity contribution in [3.63, 3.8) is 0 Å². The monoisotopic (exact) mass is 267 g/mol. The van der Waals surface area contributed by atoms with Crippen molar-refractivity contribution in [1.82, 2.24) is 9.55 Å². The molecule has 0 amide bonds. The van der Waals surface area contributed by atoms with Gasteiger partial charge >= 0.3 is 0 Å². The van der Waals surface area contributed by atoms with Gasteiger partial charge in [-0.05, 0) is 25.1 Å². The third-order valence-electron chi connectivity index (χ3n) is 2.26. The maximum atomic E-state index is 12.0. The minimum Gasteiger partial charge on any atom is -0.369 e. The van der Waals surface area contributed by atoms with Crippen molar-refractivity contribution < 1.29 is 0 Å². The summed E-state index contributed by atoms with van der Waals surface area (Å²) >= 11 is 3.32. The molecule has 0 saturated heterocycles. The van der Waals surface area contributed by atoms with Crippen molar-refractivity contribution in [3.05, 3.63) is 33.0 Å². The van der Waals surface area contributed by atoms with Gasteiger partial charge in [-0.2, -0.15) is 0 Å². The highest BCUT2D eigenvalue weighted by molar-refractivity contribution is 9.10. The molecule has 0 saturated carbocycles. The first kappa shape index (κ1) is 10.2. The third kappa shape index (κ3) is 1.63. The Balaban J connectivity index is 2.92. The molecule has 4 nitrogen and oxygen atoms in total. The lowest BCUT2D eigenvalue weighted by Gasteiger charge is -2.07. The van der Waals surface area contributed by atoms with Gasteiger partial charge in [0.15, 0.2) is 0 Å². The molecule has 15 heavy (non-hydrogen) atoms. The van der Waals surface area contributed by atoms with E-state index in [0.29, 0.717) is 17.4 Å². The second kappa shape index (κ2) is 3.66. The number of hydrogen-bond acceptors (Lipinski definition) is 3. The molecule has 1 heterocycles. The van der Waals surface area contributed by atoms with Gasteiger partial charge in [0.25, 0.3) is 5.56 Å². The number of nitrogens with two attached hydrogens (primary N) is 1. The van der Waals surface area contributed by atoms with Gasteiger partial charge in [0.2, 0.25) is 5.95 Å². The number of anilines is 1. The molecule has 0 fully saturated rings. The van der Waals surface area contributed by atoms with Gasteiger partial charge in [0.1, 0.15) is 0 Å². The first-order valence-electron chi connectivity index (χ1n) is 4.59. The number of benzene rings is 1. The summed E-state index contributed by atoms with van der Waals surface area (Å²) in [6.45, 7) is 2.39. The number of fused-ring (bicyclic) bond motifs is 1. The summed E-state index contributed by atoms with van der Waals surface area (Å²) in [4.78, 5) is 16.1. The Morgan fingerprint density at radius 2 is 2.27 bits per heavy atom. The lowest BCUT2D eigenvalue weighted by Crippen LogP contribution is -2.23. The summed E-state index contributed by atoms with van der Waals surface area (Å²) in [5.74, 6) is 0.261. The second-order valence-electron chi connectivity index (χ2n) is 3.18. The van der Waals surface area contributed by atoms with Crippen LogP contribution in [0, 0.1) is 0 Å². The molecule has 0 aliphatic carbocycles. The number of hydrogen-bond donors (Lipinski definition) is 1. The zero-order valence-corrected chi connectivity index (χ0v) is 9.78. The fraction of sp³-hybridized carbons (Fsp3) is 0.200. The van der Waals surface area contributed by atoms with Crippen molar-refractivity contribution >= 4 is 32.8 Å². The Hall–Kier alpha value is -1.36. The fourth-order valence-electron chi connectivity index (χ4n) is 1.52. The molecule has 2 N–H and O–H groups in total. The summed E-state index contributed by atoms with van der Waals surface area (Å²) in [6, 6.07) is 5.37. The number of aromatic nitrogens is 2. The zero-order valence-electron chi connectivity index (χ0n) is 8.20. The van der Waals surface area contributed by atoms with E-state index >= 15 is 0 Å². The number of rotatable bonds is 1. The Morgan fingerprint density at radius 1 is 1.53 bits per heavy atom. The van der Waals surface area contributed by atoms with Crippen LogP contribution in [-0.4, -0.2) is 9.55 Å². The molecule has 2 rings (SSSR count). The molecule has 2 aromatic rings. The van der Waals surface area contributed by atoms with Crippen LogP contribution in [0.4, 0.5) is 5.95 Å². The normalized spacial score (nSPS) is 10.8. The SMILES string of the molecule is CCn1c(N)nc2ccc(Br)cc2c1=O. The summed E-state index contributed by atoms with van der Waals surface area (Å²) in [5.41, 5.74) is 6.21. The quantitative estimate of drug-likeness (QED) is 0.857. The van der Waals surface area contributed by atoms with Crippen LogP contribution in [0.3, 0.4) is 0 Å². The predicted octanol–water partition coefficient (Wildman–Crippen LogP) is 1.76. The molecule has 0 radical (unpaired) electrons. The Morgan fingerprint density at radius 3 is 2.93 bits per heavy atom. The second-order valence-corrected chi connectivity index (χ2v) is 4.10. The van der Waals surface area contributed by atoms with Crippen LogP contribution in [0.1, 0.15) is 6.92 Å². The standard InChI is InChI=1S/C10H10BrN3O/c1-2-14-9(15)7-5-6(11)3-4-8(7)13-10(14)12/h3-5H,2H2,1H3,(H2,12,13). The summed E-state index contributed by atoms with van der Waals surface area (Å²) < 4.78 is 2.32. The van der Waals surface area contributed by atoms with E-state index in [-0.39, 0.29) is 11.5 Å². The molecule has 0 unspecified atom stereocenters. The Bertz CT molecular complexity index is 577. The van der Waals surface area contributed by atoms with Gasteiger partial charge in [-0.1, -0.05) is 15.9 Å². The van der Waals surface area contributed by atoms with Gasteiger partial charge in [-0.3, -0.25) is 9.36 Å². The summed E-state index contributed by atoms with van der Waals surface area (Å²) in [7, 11) is 0. The molecule has 1 aromatic heterocycles. The number of nitrogen functional groups attached to an aromatic ring is 1. The molecule has 0 aliphatic heterocycles. The van der Waals surface area contributed by atoms with E-state index in [0.717, 1.165) is 4.47 Å². The van der Waals surface area contributed by atoms with Crippen LogP contribution >= 0.6 is 15.9 Å². The topological polar surface area (TPSA) is 60.9 Å². The van der Waals surface area contributed by atoms with Crippen molar-refractivity contribution in [3.8, 4) is 0 Å². The van der Waals surface area contributed by atoms with Crippen LogP contribution in [0.15, 0.2) is 27.5 Å². The van der Waals surface area contributed by atoms with Gasteiger partial charge in [0.05, 0.1) is 10.9 Å². The van der Waals surface area contributed by atoms with E-state index in [4.69, 9.17) is 5.73 Å². The van der Waals surface area contributed by atoms with Gasteiger partial charge in [-0.15, -0.1) is 0 Å². The molecular weight excluding hydrogens is 258 g/mol. The van der Waals surface area contributed by atoms with Crippen LogP contribution < -0.4 is 11.3 Å². The largest absolute Gasteiger partial charge is 0.369 e.